The van der Waals surface area contributed by atoms with E-state index in [0.29, 0.717) is 6.04 Å². The summed E-state index contributed by atoms with van der Waals surface area (Å²) in [4.78, 5) is 0. The van der Waals surface area contributed by atoms with E-state index in [1.165, 1.54) is 28.7 Å². The lowest BCUT2D eigenvalue weighted by Crippen LogP contribution is -2.21. The highest BCUT2D eigenvalue weighted by Crippen LogP contribution is 2.22. The Balaban J connectivity index is 2.19. The third kappa shape index (κ3) is 4.21. The fourth-order valence-electron chi connectivity index (χ4n) is 2.38. The molecule has 0 spiro atoms. The van der Waals surface area contributed by atoms with E-state index in [9.17, 15) is 0 Å². The maximum absolute atomic E-state index is 3.47. The smallest absolute Gasteiger partial charge is 0.0208 e. The van der Waals surface area contributed by atoms with Crippen LogP contribution < -0.4 is 5.32 Å². The van der Waals surface area contributed by atoms with E-state index in [1.54, 1.807) is 0 Å². The molecule has 1 heteroatoms. The summed E-state index contributed by atoms with van der Waals surface area (Å²) in [6, 6.07) is 18.3. The van der Waals surface area contributed by atoms with Gasteiger partial charge in [-0.1, -0.05) is 69.7 Å². The van der Waals surface area contributed by atoms with Gasteiger partial charge in [0.25, 0.3) is 0 Å². The summed E-state index contributed by atoms with van der Waals surface area (Å²) in [6.45, 7) is 7.52. The molecule has 0 heterocycles. The van der Waals surface area contributed by atoms with E-state index in [-0.39, 0.29) is 0 Å². The molecule has 0 saturated carbocycles. The molecule has 0 saturated heterocycles. The van der Waals surface area contributed by atoms with E-state index in [2.05, 4.69) is 74.6 Å². The molecule has 0 atom stereocenters. The third-order valence-corrected chi connectivity index (χ3v) is 3.44. The summed E-state index contributed by atoms with van der Waals surface area (Å²) >= 11 is 0. The highest BCUT2D eigenvalue weighted by molar-refractivity contribution is 5.64. The lowest BCUT2D eigenvalue weighted by Gasteiger charge is -2.10. The van der Waals surface area contributed by atoms with Gasteiger partial charge < -0.3 is 5.32 Å². The third-order valence-electron chi connectivity index (χ3n) is 3.44. The zero-order valence-corrected chi connectivity index (χ0v) is 12.8. The van der Waals surface area contributed by atoms with Gasteiger partial charge in [0.05, 0.1) is 0 Å². The maximum atomic E-state index is 3.47. The van der Waals surface area contributed by atoms with Gasteiger partial charge >= 0.3 is 0 Å². The van der Waals surface area contributed by atoms with Gasteiger partial charge in [0.15, 0.2) is 0 Å². The molecule has 2 aromatic rings. The van der Waals surface area contributed by atoms with E-state index in [1.807, 2.05) is 0 Å². The predicted octanol–water partition coefficient (Wildman–Crippen LogP) is 4.80. The first-order valence-electron chi connectivity index (χ1n) is 7.60. The summed E-state index contributed by atoms with van der Waals surface area (Å²) < 4.78 is 0. The van der Waals surface area contributed by atoms with Crippen molar-refractivity contribution >= 4 is 0 Å². The lowest BCUT2D eigenvalue weighted by molar-refractivity contribution is 0.589. The molecule has 106 valence electrons. The molecule has 0 fully saturated rings. The van der Waals surface area contributed by atoms with Crippen molar-refractivity contribution in [2.75, 3.05) is 0 Å². The molecular weight excluding hydrogens is 242 g/mol. The normalized spacial score (nSPS) is 11.0. The molecule has 20 heavy (non-hydrogen) atoms. The van der Waals surface area contributed by atoms with Gasteiger partial charge in [-0.05, 0) is 34.7 Å². The number of rotatable bonds is 6. The van der Waals surface area contributed by atoms with Crippen LogP contribution in [0.15, 0.2) is 48.5 Å². The number of hydrogen-bond acceptors (Lipinski definition) is 1. The van der Waals surface area contributed by atoms with E-state index >= 15 is 0 Å². The van der Waals surface area contributed by atoms with Crippen molar-refractivity contribution in [2.24, 2.45) is 0 Å². The second-order valence-electron chi connectivity index (χ2n) is 5.69. The van der Waals surface area contributed by atoms with Gasteiger partial charge in [0.1, 0.15) is 0 Å². The first kappa shape index (κ1) is 14.8. The molecule has 0 aliphatic heterocycles. The summed E-state index contributed by atoms with van der Waals surface area (Å²) in [5.41, 5.74) is 5.40. The summed E-state index contributed by atoms with van der Waals surface area (Å²) in [7, 11) is 0. The van der Waals surface area contributed by atoms with Crippen LogP contribution in [0, 0.1) is 0 Å². The largest absolute Gasteiger partial charge is 0.310 e. The van der Waals surface area contributed by atoms with Crippen LogP contribution in [0.4, 0.5) is 0 Å². The van der Waals surface area contributed by atoms with Crippen molar-refractivity contribution in [3.05, 3.63) is 59.7 Å². The molecule has 1 nitrogen and oxygen atoms in total. The fourth-order valence-corrected chi connectivity index (χ4v) is 2.38. The highest BCUT2D eigenvalue weighted by Gasteiger charge is 2.01. The number of nitrogens with one attached hydrogen (secondary N) is 1. The molecule has 0 unspecified atom stereocenters. The zero-order valence-electron chi connectivity index (χ0n) is 12.8. The van der Waals surface area contributed by atoms with Gasteiger partial charge in [-0.3, -0.25) is 0 Å². The van der Waals surface area contributed by atoms with Gasteiger partial charge in [-0.25, -0.2) is 0 Å². The van der Waals surface area contributed by atoms with Crippen molar-refractivity contribution in [1.29, 1.82) is 0 Å². The van der Waals surface area contributed by atoms with Crippen molar-refractivity contribution in [3.8, 4) is 11.1 Å². The average molecular weight is 267 g/mol. The average Bonchev–Trinajstić information content (AvgIpc) is 2.46. The van der Waals surface area contributed by atoms with Gasteiger partial charge in [0.2, 0.25) is 0 Å². The standard InChI is InChI=1S/C19H25N/c1-4-7-16-8-5-10-18(12-16)19-11-6-9-17(13-19)14-20-15(2)3/h5-6,8-13,15,20H,4,7,14H2,1-3H3. The zero-order chi connectivity index (χ0) is 14.4. The quantitative estimate of drug-likeness (QED) is 0.792. The first-order chi connectivity index (χ1) is 9.69. The monoisotopic (exact) mass is 267 g/mol. The van der Waals surface area contributed by atoms with Gasteiger partial charge in [-0.2, -0.15) is 0 Å². The summed E-state index contributed by atoms with van der Waals surface area (Å²) in [6.07, 6.45) is 2.35. The Morgan fingerprint density at radius 3 is 2.10 bits per heavy atom. The van der Waals surface area contributed by atoms with Crippen molar-refractivity contribution in [2.45, 2.75) is 46.2 Å². The molecule has 1 N–H and O–H groups in total. The SMILES string of the molecule is CCCc1cccc(-c2cccc(CNC(C)C)c2)c1. The minimum absolute atomic E-state index is 0.520. The molecule has 0 aliphatic rings. The fraction of sp³-hybridized carbons (Fsp3) is 0.368. The van der Waals surface area contributed by atoms with Crippen LogP contribution in [-0.4, -0.2) is 6.04 Å². The Labute approximate surface area is 123 Å². The number of hydrogen-bond donors (Lipinski definition) is 1. The Bertz CT molecular complexity index is 543. The predicted molar refractivity (Wildman–Crippen MR) is 87.8 cm³/mol. The van der Waals surface area contributed by atoms with Crippen LogP contribution >= 0.6 is 0 Å². The Kier molecular flexibility index (Phi) is 5.37. The topological polar surface area (TPSA) is 12.0 Å². The highest BCUT2D eigenvalue weighted by atomic mass is 14.9. The molecule has 0 amide bonds. The Morgan fingerprint density at radius 2 is 1.50 bits per heavy atom. The molecule has 2 rings (SSSR count). The van der Waals surface area contributed by atoms with Gasteiger partial charge in [0, 0.05) is 12.6 Å². The van der Waals surface area contributed by atoms with Crippen molar-refractivity contribution in [1.82, 2.24) is 5.32 Å². The van der Waals surface area contributed by atoms with E-state index < -0.39 is 0 Å². The summed E-state index contributed by atoms with van der Waals surface area (Å²) in [5, 5.41) is 3.47. The molecule has 0 aliphatic carbocycles. The van der Waals surface area contributed by atoms with Crippen LogP contribution in [0.3, 0.4) is 0 Å². The van der Waals surface area contributed by atoms with E-state index in [4.69, 9.17) is 0 Å². The van der Waals surface area contributed by atoms with Gasteiger partial charge in [-0.15, -0.1) is 0 Å². The number of aryl methyl sites for hydroxylation is 1. The maximum Gasteiger partial charge on any atom is 0.0208 e. The molecule has 0 radical (unpaired) electrons. The number of benzene rings is 2. The second kappa shape index (κ2) is 7.25. The van der Waals surface area contributed by atoms with E-state index in [0.717, 1.165) is 13.0 Å². The summed E-state index contributed by atoms with van der Waals surface area (Å²) in [5.74, 6) is 0. The molecular formula is C19H25N. The lowest BCUT2D eigenvalue weighted by atomic mass is 9.99. The van der Waals surface area contributed by atoms with Crippen LogP contribution in [-0.2, 0) is 13.0 Å². The van der Waals surface area contributed by atoms with Crippen LogP contribution in [0.5, 0.6) is 0 Å². The van der Waals surface area contributed by atoms with Crippen LogP contribution in [0.2, 0.25) is 0 Å². The molecule has 0 aromatic heterocycles. The van der Waals surface area contributed by atoms with Crippen molar-refractivity contribution in [3.63, 3.8) is 0 Å². The van der Waals surface area contributed by atoms with Crippen LogP contribution in [0.25, 0.3) is 11.1 Å². The molecule has 0 bridgehead atoms. The minimum Gasteiger partial charge on any atom is -0.310 e. The molecule has 2 aromatic carbocycles. The Morgan fingerprint density at radius 1 is 0.900 bits per heavy atom. The second-order valence-corrected chi connectivity index (χ2v) is 5.69. The first-order valence-corrected chi connectivity index (χ1v) is 7.60. The Hall–Kier alpha value is -1.60. The van der Waals surface area contributed by atoms with Crippen LogP contribution in [0.1, 0.15) is 38.3 Å². The minimum atomic E-state index is 0.520. The van der Waals surface area contributed by atoms with Crippen molar-refractivity contribution < 1.29 is 0 Å².